The van der Waals surface area contributed by atoms with Crippen LogP contribution in [-0.4, -0.2) is 34.8 Å². The molecule has 0 saturated heterocycles. The third-order valence-corrected chi connectivity index (χ3v) is 5.45. The quantitative estimate of drug-likeness (QED) is 0.364. The number of nitrogens with one attached hydrogen (secondary N) is 1. The summed E-state index contributed by atoms with van der Waals surface area (Å²) < 4.78 is 26.1. The number of ether oxygens (including phenoxy) is 1. The highest BCUT2D eigenvalue weighted by molar-refractivity contribution is 7.79. The lowest BCUT2D eigenvalue weighted by molar-refractivity contribution is 0.0615. The second-order valence-corrected chi connectivity index (χ2v) is 8.53. The maximum absolute atomic E-state index is 11.2. The van der Waals surface area contributed by atoms with Crippen molar-refractivity contribution in [3.63, 3.8) is 0 Å². The SMILES string of the molecule is CC(C)OCc1nc(Nc2ccc(S(=O)O)cc2)c2ccc(-c3ncccc3Cl)nc2n1. The second kappa shape index (κ2) is 9.66. The molecule has 3 aromatic heterocycles. The van der Waals surface area contributed by atoms with Crippen molar-refractivity contribution in [3.8, 4) is 11.4 Å². The van der Waals surface area contributed by atoms with Gasteiger partial charge in [-0.2, -0.15) is 0 Å². The van der Waals surface area contributed by atoms with Crippen LogP contribution in [0.5, 0.6) is 0 Å². The van der Waals surface area contributed by atoms with Crippen molar-refractivity contribution in [3.05, 3.63) is 65.6 Å². The molecule has 2 N–H and O–H groups in total. The zero-order valence-electron chi connectivity index (χ0n) is 17.3. The molecule has 0 saturated carbocycles. The van der Waals surface area contributed by atoms with E-state index in [1.54, 1.807) is 42.6 Å². The van der Waals surface area contributed by atoms with Gasteiger partial charge in [-0.15, -0.1) is 0 Å². The Balaban J connectivity index is 1.77. The van der Waals surface area contributed by atoms with E-state index < -0.39 is 11.1 Å². The third kappa shape index (κ3) is 5.08. The zero-order valence-corrected chi connectivity index (χ0v) is 18.9. The number of halogens is 1. The number of nitrogens with zero attached hydrogens (tertiary/aromatic N) is 4. The zero-order chi connectivity index (χ0) is 22.7. The minimum Gasteiger partial charge on any atom is -0.371 e. The Kier molecular flexibility index (Phi) is 6.71. The first kappa shape index (κ1) is 22.2. The van der Waals surface area contributed by atoms with Crippen LogP contribution in [0.1, 0.15) is 19.7 Å². The summed E-state index contributed by atoms with van der Waals surface area (Å²) in [5.74, 6) is 1.01. The van der Waals surface area contributed by atoms with Crippen LogP contribution in [0.15, 0.2) is 59.6 Å². The molecule has 4 rings (SSSR count). The number of rotatable bonds is 7. The van der Waals surface area contributed by atoms with Gasteiger partial charge in [0, 0.05) is 11.9 Å². The predicted molar refractivity (Wildman–Crippen MR) is 124 cm³/mol. The molecule has 0 aliphatic heterocycles. The van der Waals surface area contributed by atoms with Gasteiger partial charge in [0.15, 0.2) is 22.6 Å². The lowest BCUT2D eigenvalue weighted by atomic mass is 10.2. The Morgan fingerprint density at radius 1 is 1.09 bits per heavy atom. The average Bonchev–Trinajstić information content (AvgIpc) is 2.78. The van der Waals surface area contributed by atoms with Crippen molar-refractivity contribution in [1.29, 1.82) is 0 Å². The average molecular weight is 470 g/mol. The first-order valence-electron chi connectivity index (χ1n) is 9.79. The van der Waals surface area contributed by atoms with Crippen molar-refractivity contribution < 1.29 is 13.5 Å². The van der Waals surface area contributed by atoms with E-state index in [-0.39, 0.29) is 12.7 Å². The summed E-state index contributed by atoms with van der Waals surface area (Å²) in [6.07, 6.45) is 1.68. The molecule has 10 heteroatoms. The van der Waals surface area contributed by atoms with E-state index in [1.165, 1.54) is 0 Å². The molecule has 3 heterocycles. The molecule has 0 amide bonds. The van der Waals surface area contributed by atoms with Crippen LogP contribution in [0.3, 0.4) is 0 Å². The molecule has 0 spiro atoms. The molecule has 8 nitrogen and oxygen atoms in total. The molecule has 1 unspecified atom stereocenters. The maximum Gasteiger partial charge on any atom is 0.186 e. The van der Waals surface area contributed by atoms with Crippen molar-refractivity contribution in [1.82, 2.24) is 19.9 Å². The Morgan fingerprint density at radius 3 is 2.56 bits per heavy atom. The molecule has 164 valence electrons. The molecule has 1 aromatic carbocycles. The van der Waals surface area contributed by atoms with Crippen LogP contribution >= 0.6 is 11.6 Å². The van der Waals surface area contributed by atoms with E-state index >= 15 is 0 Å². The molecular weight excluding hydrogens is 450 g/mol. The van der Waals surface area contributed by atoms with Gasteiger partial charge in [-0.25, -0.2) is 19.2 Å². The Hall–Kier alpha value is -2.98. The number of pyridine rings is 2. The van der Waals surface area contributed by atoms with Gasteiger partial charge in [-0.1, -0.05) is 11.6 Å². The van der Waals surface area contributed by atoms with Crippen LogP contribution in [0, 0.1) is 0 Å². The fourth-order valence-electron chi connectivity index (χ4n) is 2.95. The fourth-order valence-corrected chi connectivity index (χ4v) is 3.54. The number of anilines is 2. The monoisotopic (exact) mass is 469 g/mol. The van der Waals surface area contributed by atoms with E-state index in [1.807, 2.05) is 26.0 Å². The molecule has 0 radical (unpaired) electrons. The highest BCUT2D eigenvalue weighted by Gasteiger charge is 2.14. The summed E-state index contributed by atoms with van der Waals surface area (Å²) in [5, 5.41) is 4.44. The summed E-state index contributed by atoms with van der Waals surface area (Å²) in [7, 11) is 0. The highest BCUT2D eigenvalue weighted by atomic mass is 35.5. The number of fused-ring (bicyclic) bond motifs is 1. The Labute approximate surface area is 192 Å². The summed E-state index contributed by atoms with van der Waals surface area (Å²) >= 11 is 4.26. The number of hydrogen-bond donors (Lipinski definition) is 2. The van der Waals surface area contributed by atoms with Crippen molar-refractivity contribution >= 4 is 45.2 Å². The van der Waals surface area contributed by atoms with E-state index in [4.69, 9.17) is 16.3 Å². The Morgan fingerprint density at radius 2 is 1.88 bits per heavy atom. The fraction of sp³-hybridized carbons (Fsp3) is 0.182. The topological polar surface area (TPSA) is 110 Å². The standard InChI is InChI=1S/C22H20ClN5O3S/c1-13(2)31-12-19-27-21(25-14-5-7-15(8-6-14)32(29)30)16-9-10-18(26-22(16)28-19)20-17(23)4-3-11-24-20/h3-11,13H,12H2,1-2H3,(H,29,30)(H,25,26,27,28). The minimum atomic E-state index is -2.04. The van der Waals surface area contributed by atoms with Crippen molar-refractivity contribution in [2.45, 2.75) is 31.5 Å². The molecular formula is C22H20ClN5O3S. The molecule has 0 fully saturated rings. The lowest BCUT2D eigenvalue weighted by Gasteiger charge is -2.13. The second-order valence-electron chi connectivity index (χ2n) is 7.15. The van der Waals surface area contributed by atoms with Gasteiger partial charge < -0.3 is 14.6 Å². The highest BCUT2D eigenvalue weighted by Crippen LogP contribution is 2.28. The number of benzene rings is 1. The molecule has 0 aliphatic carbocycles. The summed E-state index contributed by atoms with van der Waals surface area (Å²) in [6.45, 7) is 4.10. The van der Waals surface area contributed by atoms with Gasteiger partial charge in [0.2, 0.25) is 0 Å². The van der Waals surface area contributed by atoms with Gasteiger partial charge in [-0.05, 0) is 62.4 Å². The minimum absolute atomic E-state index is 0.0178. The Bertz CT molecular complexity index is 1280. The lowest BCUT2D eigenvalue weighted by Crippen LogP contribution is -2.08. The number of aromatic nitrogens is 4. The van der Waals surface area contributed by atoms with Gasteiger partial charge in [0.05, 0.1) is 27.1 Å². The molecule has 0 bridgehead atoms. The van der Waals surface area contributed by atoms with Gasteiger partial charge in [-0.3, -0.25) is 4.98 Å². The van der Waals surface area contributed by atoms with Crippen LogP contribution in [-0.2, 0) is 22.4 Å². The summed E-state index contributed by atoms with van der Waals surface area (Å²) in [4.78, 5) is 18.5. The van der Waals surface area contributed by atoms with Crippen molar-refractivity contribution in [2.75, 3.05) is 5.32 Å². The predicted octanol–water partition coefficient (Wildman–Crippen LogP) is 4.99. The van der Waals surface area contributed by atoms with Crippen LogP contribution in [0.2, 0.25) is 5.02 Å². The van der Waals surface area contributed by atoms with Gasteiger partial charge in [0.25, 0.3) is 0 Å². The van der Waals surface area contributed by atoms with Crippen LogP contribution in [0.25, 0.3) is 22.4 Å². The largest absolute Gasteiger partial charge is 0.371 e. The van der Waals surface area contributed by atoms with E-state index in [2.05, 4.69) is 25.3 Å². The normalized spacial score (nSPS) is 12.3. The summed E-state index contributed by atoms with van der Waals surface area (Å²) in [5.41, 5.74) is 2.33. The molecule has 4 aromatic rings. The van der Waals surface area contributed by atoms with Crippen LogP contribution < -0.4 is 5.32 Å². The van der Waals surface area contributed by atoms with Gasteiger partial charge in [0.1, 0.15) is 18.1 Å². The first-order chi connectivity index (χ1) is 15.4. The molecule has 0 aliphatic rings. The smallest absolute Gasteiger partial charge is 0.186 e. The third-order valence-electron chi connectivity index (χ3n) is 4.47. The van der Waals surface area contributed by atoms with Crippen LogP contribution in [0.4, 0.5) is 11.5 Å². The molecule has 32 heavy (non-hydrogen) atoms. The summed E-state index contributed by atoms with van der Waals surface area (Å²) in [6, 6.07) is 13.7. The van der Waals surface area contributed by atoms with Crippen molar-refractivity contribution in [2.24, 2.45) is 0 Å². The number of hydrogen-bond acceptors (Lipinski definition) is 7. The van der Waals surface area contributed by atoms with E-state index in [0.29, 0.717) is 49.7 Å². The van der Waals surface area contributed by atoms with E-state index in [9.17, 15) is 8.76 Å². The maximum atomic E-state index is 11.2. The van der Waals surface area contributed by atoms with E-state index in [0.717, 1.165) is 0 Å². The van der Waals surface area contributed by atoms with Gasteiger partial charge >= 0.3 is 0 Å². The molecule has 1 atom stereocenters. The first-order valence-corrected chi connectivity index (χ1v) is 11.3.